The summed E-state index contributed by atoms with van der Waals surface area (Å²) in [6, 6.07) is 6.78. The first-order chi connectivity index (χ1) is 11.4. The van der Waals surface area contributed by atoms with E-state index in [2.05, 4.69) is 5.32 Å². The van der Waals surface area contributed by atoms with Gasteiger partial charge in [-0.25, -0.2) is 8.42 Å². The molecule has 1 N–H and O–H groups in total. The molecule has 1 saturated heterocycles. The Morgan fingerprint density at radius 2 is 2.04 bits per heavy atom. The second kappa shape index (κ2) is 7.76. The number of esters is 1. The molecule has 2 atom stereocenters. The third-order valence-corrected chi connectivity index (χ3v) is 5.82. The van der Waals surface area contributed by atoms with Crippen LogP contribution >= 0.6 is 0 Å². The van der Waals surface area contributed by atoms with Crippen LogP contribution in [0.1, 0.15) is 26.7 Å². The van der Waals surface area contributed by atoms with Crippen LogP contribution in [0, 0.1) is 0 Å². The maximum absolute atomic E-state index is 12.8. The molecule has 0 bridgehead atoms. The first kappa shape index (κ1) is 18.4. The summed E-state index contributed by atoms with van der Waals surface area (Å²) in [6.45, 7) is 3.95. The number of carbonyl (C=O) groups excluding carboxylic acids is 2. The number of nitrogens with zero attached hydrogens (tertiary/aromatic N) is 1. The highest BCUT2D eigenvalue weighted by atomic mass is 32.2. The molecule has 1 amide bonds. The minimum absolute atomic E-state index is 0.0972. The minimum atomic E-state index is -3.86. The normalized spacial score (nSPS) is 20.2. The molecule has 1 aromatic rings. The number of piperazine rings is 1. The Hall–Kier alpha value is -1.93. The van der Waals surface area contributed by atoms with E-state index in [0.717, 1.165) is 4.31 Å². The fraction of sp³-hybridized carbons (Fsp3) is 0.500. The zero-order valence-corrected chi connectivity index (χ0v) is 14.6. The summed E-state index contributed by atoms with van der Waals surface area (Å²) in [6.07, 6.45) is 0.0694. The lowest BCUT2D eigenvalue weighted by Crippen LogP contribution is -2.57. The average Bonchev–Trinajstić information content (AvgIpc) is 2.57. The van der Waals surface area contributed by atoms with E-state index < -0.39 is 27.9 Å². The van der Waals surface area contributed by atoms with Gasteiger partial charge in [0.1, 0.15) is 6.04 Å². The predicted molar refractivity (Wildman–Crippen MR) is 87.6 cm³/mol. The van der Waals surface area contributed by atoms with Crippen LogP contribution in [0.25, 0.3) is 0 Å². The van der Waals surface area contributed by atoms with Crippen LogP contribution in [0.4, 0.5) is 0 Å². The number of sulfonamides is 1. The van der Waals surface area contributed by atoms with Gasteiger partial charge in [0.05, 0.1) is 17.4 Å². The number of benzene rings is 1. The average molecular weight is 354 g/mol. The molecule has 1 aliphatic heterocycles. The van der Waals surface area contributed by atoms with Crippen molar-refractivity contribution in [3.05, 3.63) is 30.3 Å². The Balaban J connectivity index is 2.23. The number of ether oxygens (including phenoxy) is 1. The van der Waals surface area contributed by atoms with Gasteiger partial charge in [-0.2, -0.15) is 4.31 Å². The summed E-state index contributed by atoms with van der Waals surface area (Å²) in [5.74, 6) is -1.07. The van der Waals surface area contributed by atoms with Gasteiger partial charge in [0.15, 0.2) is 0 Å². The molecule has 1 aliphatic rings. The summed E-state index contributed by atoms with van der Waals surface area (Å²) in [7, 11) is -3.86. The van der Waals surface area contributed by atoms with E-state index in [1.165, 1.54) is 12.1 Å². The Kier molecular flexibility index (Phi) is 5.95. The molecule has 24 heavy (non-hydrogen) atoms. The minimum Gasteiger partial charge on any atom is -0.463 e. The van der Waals surface area contributed by atoms with Crippen molar-refractivity contribution >= 4 is 21.9 Å². The van der Waals surface area contributed by atoms with E-state index in [4.69, 9.17) is 4.74 Å². The molecule has 0 saturated carbocycles. The van der Waals surface area contributed by atoms with Crippen LogP contribution in [-0.4, -0.2) is 49.8 Å². The molecular formula is C16H22N2O5S. The van der Waals surface area contributed by atoms with E-state index >= 15 is 0 Å². The van der Waals surface area contributed by atoms with Gasteiger partial charge in [-0.05, 0) is 25.5 Å². The van der Waals surface area contributed by atoms with Gasteiger partial charge in [0.25, 0.3) is 0 Å². The van der Waals surface area contributed by atoms with Gasteiger partial charge in [-0.15, -0.1) is 0 Å². The Bertz CT molecular complexity index is 690. The summed E-state index contributed by atoms with van der Waals surface area (Å²) in [4.78, 5) is 24.3. The molecule has 1 aromatic carbocycles. The highest BCUT2D eigenvalue weighted by Gasteiger charge is 2.40. The van der Waals surface area contributed by atoms with Gasteiger partial charge < -0.3 is 10.1 Å². The SMILES string of the molecule is CCC(C)OC(=O)CC1C(=O)NCCN1S(=O)(=O)c1ccccc1. The Labute approximate surface area is 142 Å². The first-order valence-electron chi connectivity index (χ1n) is 7.90. The summed E-state index contributed by atoms with van der Waals surface area (Å²) < 4.78 is 31.9. The summed E-state index contributed by atoms with van der Waals surface area (Å²) >= 11 is 0. The van der Waals surface area contributed by atoms with Crippen LogP contribution in [0.15, 0.2) is 35.2 Å². The largest absolute Gasteiger partial charge is 0.463 e. The van der Waals surface area contributed by atoms with E-state index in [1.54, 1.807) is 25.1 Å². The van der Waals surface area contributed by atoms with Gasteiger partial charge in [-0.1, -0.05) is 25.1 Å². The molecule has 0 spiro atoms. The number of amides is 1. The van der Waals surface area contributed by atoms with Gasteiger partial charge >= 0.3 is 5.97 Å². The lowest BCUT2D eigenvalue weighted by Gasteiger charge is -2.33. The number of rotatable bonds is 6. The van der Waals surface area contributed by atoms with Crippen molar-refractivity contribution in [2.75, 3.05) is 13.1 Å². The van der Waals surface area contributed by atoms with Crippen molar-refractivity contribution in [1.82, 2.24) is 9.62 Å². The van der Waals surface area contributed by atoms with Crippen molar-refractivity contribution in [2.24, 2.45) is 0 Å². The molecule has 0 aromatic heterocycles. The van der Waals surface area contributed by atoms with Crippen molar-refractivity contribution in [3.63, 3.8) is 0 Å². The Morgan fingerprint density at radius 3 is 2.67 bits per heavy atom. The van der Waals surface area contributed by atoms with Gasteiger partial charge in [0.2, 0.25) is 15.9 Å². The quantitative estimate of drug-likeness (QED) is 0.767. The predicted octanol–water partition coefficient (Wildman–Crippen LogP) is 0.908. The van der Waals surface area contributed by atoms with E-state index in [9.17, 15) is 18.0 Å². The lowest BCUT2D eigenvalue weighted by atomic mass is 10.1. The van der Waals surface area contributed by atoms with Crippen LogP contribution in [0.3, 0.4) is 0 Å². The molecule has 2 unspecified atom stereocenters. The lowest BCUT2D eigenvalue weighted by molar-refractivity contribution is -0.151. The van der Waals surface area contributed by atoms with Crippen LogP contribution in [0.5, 0.6) is 0 Å². The standard InChI is InChI=1S/C16H22N2O5S/c1-3-12(2)23-15(19)11-14-16(20)17-9-10-18(14)24(21,22)13-7-5-4-6-8-13/h4-8,12,14H,3,9-11H2,1-2H3,(H,17,20). The molecular weight excluding hydrogens is 332 g/mol. The molecule has 1 heterocycles. The van der Waals surface area contributed by atoms with Crippen LogP contribution < -0.4 is 5.32 Å². The van der Waals surface area contributed by atoms with Crippen LogP contribution in [-0.2, 0) is 24.3 Å². The molecule has 0 radical (unpaired) electrons. The maximum atomic E-state index is 12.8. The second-order valence-corrected chi connectivity index (χ2v) is 7.54. The van der Waals surface area contributed by atoms with Crippen molar-refractivity contribution in [3.8, 4) is 0 Å². The monoisotopic (exact) mass is 354 g/mol. The third-order valence-electron chi connectivity index (χ3n) is 3.90. The number of hydrogen-bond donors (Lipinski definition) is 1. The van der Waals surface area contributed by atoms with Crippen molar-refractivity contribution < 1.29 is 22.7 Å². The first-order valence-corrected chi connectivity index (χ1v) is 9.34. The number of carbonyl (C=O) groups is 2. The van der Waals surface area contributed by atoms with Crippen molar-refractivity contribution in [2.45, 2.75) is 43.7 Å². The number of hydrogen-bond acceptors (Lipinski definition) is 5. The molecule has 2 rings (SSSR count). The molecule has 8 heteroatoms. The zero-order chi connectivity index (χ0) is 17.7. The van der Waals surface area contributed by atoms with E-state index in [1.807, 2.05) is 6.92 Å². The van der Waals surface area contributed by atoms with Gasteiger partial charge in [-0.3, -0.25) is 9.59 Å². The smallest absolute Gasteiger partial charge is 0.308 e. The van der Waals surface area contributed by atoms with Crippen molar-refractivity contribution in [1.29, 1.82) is 0 Å². The maximum Gasteiger partial charge on any atom is 0.308 e. The highest BCUT2D eigenvalue weighted by molar-refractivity contribution is 7.89. The topological polar surface area (TPSA) is 92.8 Å². The van der Waals surface area contributed by atoms with E-state index in [0.29, 0.717) is 6.42 Å². The molecule has 7 nitrogen and oxygen atoms in total. The second-order valence-electron chi connectivity index (χ2n) is 5.65. The van der Waals surface area contributed by atoms with Crippen LogP contribution in [0.2, 0.25) is 0 Å². The molecule has 1 fully saturated rings. The highest BCUT2D eigenvalue weighted by Crippen LogP contribution is 2.21. The Morgan fingerprint density at radius 1 is 1.38 bits per heavy atom. The summed E-state index contributed by atoms with van der Waals surface area (Å²) in [5, 5.41) is 2.61. The zero-order valence-electron chi connectivity index (χ0n) is 13.8. The fourth-order valence-corrected chi connectivity index (χ4v) is 4.03. The fourth-order valence-electron chi connectivity index (χ4n) is 2.42. The third kappa shape index (κ3) is 4.12. The molecule has 0 aliphatic carbocycles. The summed E-state index contributed by atoms with van der Waals surface area (Å²) in [5.41, 5.74) is 0. The molecule has 132 valence electrons. The number of nitrogens with one attached hydrogen (secondary N) is 1. The van der Waals surface area contributed by atoms with E-state index in [-0.39, 0.29) is 30.5 Å². The van der Waals surface area contributed by atoms with Gasteiger partial charge in [0, 0.05) is 13.1 Å².